The molecule has 0 saturated carbocycles. The van der Waals surface area contributed by atoms with Gasteiger partial charge in [-0.15, -0.1) is 0 Å². The molecule has 1 aliphatic rings. The van der Waals surface area contributed by atoms with Crippen LogP contribution in [0.5, 0.6) is 0 Å². The van der Waals surface area contributed by atoms with E-state index in [2.05, 4.69) is 36.6 Å². The largest absolute Gasteiger partial charge is 0.371 e. The maximum Gasteiger partial charge on any atom is 0.125 e. The third-order valence-electron chi connectivity index (χ3n) is 1.95. The molecule has 0 aliphatic carbocycles. The quantitative estimate of drug-likeness (QED) is 0.567. The molecule has 1 nitrogen and oxygen atoms in total. The molecule has 1 saturated heterocycles. The van der Waals surface area contributed by atoms with Crippen molar-refractivity contribution in [3.05, 3.63) is 0 Å². The molecule has 0 atom stereocenters. The van der Waals surface area contributed by atoms with Crippen molar-refractivity contribution in [1.29, 1.82) is 0 Å². The third kappa shape index (κ3) is 1.44. The van der Waals surface area contributed by atoms with Crippen LogP contribution in [0.2, 0.25) is 38.4 Å². The van der Waals surface area contributed by atoms with Crippen LogP contribution < -0.4 is 0 Å². The molecule has 10 heavy (non-hydrogen) atoms. The minimum atomic E-state index is -0.902. The number of hydrogen-bond acceptors (Lipinski definition) is 1. The summed E-state index contributed by atoms with van der Waals surface area (Å²) >= 11 is 0. The van der Waals surface area contributed by atoms with Crippen molar-refractivity contribution in [3.63, 3.8) is 0 Å². The van der Waals surface area contributed by atoms with Crippen molar-refractivity contribution in [3.8, 4) is 0 Å². The van der Waals surface area contributed by atoms with Crippen molar-refractivity contribution >= 4 is 26.2 Å². The van der Waals surface area contributed by atoms with E-state index in [0.717, 1.165) is 0 Å². The Hall–Kier alpha value is 0.611. The van der Waals surface area contributed by atoms with Gasteiger partial charge in [0.2, 0.25) is 0 Å². The summed E-state index contributed by atoms with van der Waals surface area (Å²) in [5, 5.41) is 0. The predicted molar refractivity (Wildman–Crippen MR) is 53.2 cm³/mol. The topological polar surface area (TPSA) is 3.24 Å². The van der Waals surface area contributed by atoms with Gasteiger partial charge in [-0.25, -0.2) is 0 Å². The Labute approximate surface area is 68.9 Å². The maximum absolute atomic E-state index is 2.86. The van der Waals surface area contributed by atoms with Crippen LogP contribution in [0.25, 0.3) is 0 Å². The van der Waals surface area contributed by atoms with Gasteiger partial charge in [-0.05, 0) is 5.67 Å². The number of rotatable bonds is 1. The van der Waals surface area contributed by atoms with E-state index >= 15 is 0 Å². The zero-order valence-electron chi connectivity index (χ0n) is 7.65. The van der Waals surface area contributed by atoms with Crippen LogP contribution >= 0.6 is 0 Å². The lowest BCUT2D eigenvalue weighted by Gasteiger charge is -2.53. The monoisotopic (exact) mass is 187 g/mol. The second-order valence-electron chi connectivity index (χ2n) is 4.65. The maximum atomic E-state index is 2.86. The van der Waals surface area contributed by atoms with Crippen molar-refractivity contribution in [2.24, 2.45) is 0 Å². The summed E-state index contributed by atoms with van der Waals surface area (Å²) in [4.78, 5) is 0. The zero-order valence-corrected chi connectivity index (χ0v) is 10.7. The molecule has 0 aromatic rings. The summed E-state index contributed by atoms with van der Waals surface area (Å²) in [6.45, 7) is 12.4. The van der Waals surface area contributed by atoms with Crippen LogP contribution in [0, 0.1) is 0 Å². The van der Waals surface area contributed by atoms with E-state index in [9.17, 15) is 0 Å². The molecule has 1 rings (SSSR count). The van der Waals surface area contributed by atoms with E-state index in [1.165, 1.54) is 9.68 Å². The molecule has 0 unspecified atom stereocenters. The van der Waals surface area contributed by atoms with Gasteiger partial charge in [0, 0.05) is 0 Å². The van der Waals surface area contributed by atoms with E-state index < -0.39 is 16.5 Å². The average molecular weight is 187 g/mol. The molecule has 0 amide bonds. The smallest absolute Gasteiger partial charge is 0.125 e. The first-order chi connectivity index (χ1) is 4.34. The zero-order chi connectivity index (χ0) is 7.99. The van der Waals surface area contributed by atoms with Gasteiger partial charge in [0.25, 0.3) is 0 Å². The molecule has 4 heteroatoms. The van der Waals surface area contributed by atoms with Gasteiger partial charge in [-0.3, -0.25) is 0 Å². The highest BCUT2D eigenvalue weighted by Crippen LogP contribution is 2.29. The Kier molecular flexibility index (Phi) is 2.00. The normalized spacial score (nSPS) is 26.1. The van der Waals surface area contributed by atoms with Crippen LogP contribution in [0.1, 0.15) is 0 Å². The minimum Gasteiger partial charge on any atom is -0.371 e. The Morgan fingerprint density at radius 1 is 1.30 bits per heavy atom. The first-order valence-corrected chi connectivity index (χ1v) is 11.6. The highest BCUT2D eigenvalue weighted by Gasteiger charge is 2.44. The molecule has 0 spiro atoms. The summed E-state index contributed by atoms with van der Waals surface area (Å²) in [7, 11) is -0.538. The molecular formula is C6H17NSi3. The summed E-state index contributed by atoms with van der Waals surface area (Å²) in [5.74, 6) is 0. The van der Waals surface area contributed by atoms with E-state index in [1.54, 1.807) is 5.67 Å². The minimum absolute atomic E-state index is 0.808. The van der Waals surface area contributed by atoms with E-state index in [4.69, 9.17) is 0 Å². The van der Waals surface area contributed by atoms with Crippen LogP contribution in [0.15, 0.2) is 0 Å². The molecule has 1 fully saturated rings. The fourth-order valence-corrected chi connectivity index (χ4v) is 16.0. The summed E-state index contributed by atoms with van der Waals surface area (Å²) in [6, 6.07) is 0. The highest BCUT2D eigenvalue weighted by molar-refractivity contribution is 7.06. The SMILES string of the molecule is C[Si](C)(C)N1[Si]C[Si]1(C)C. The fraction of sp³-hybridized carbons (Fsp3) is 1.00. The average Bonchev–Trinajstić information content (AvgIpc) is 1.58. The van der Waals surface area contributed by atoms with Crippen LogP contribution in [0.3, 0.4) is 0 Å². The van der Waals surface area contributed by atoms with Crippen LogP contribution in [-0.4, -0.2) is 30.0 Å². The molecule has 0 aromatic heterocycles. The first-order valence-electron chi connectivity index (χ1n) is 3.88. The van der Waals surface area contributed by atoms with Crippen LogP contribution in [-0.2, 0) is 0 Å². The predicted octanol–water partition coefficient (Wildman–Crippen LogP) is 1.92. The summed E-state index contributed by atoms with van der Waals surface area (Å²) in [5.41, 5.74) is 1.55. The number of hydrogen-bond donors (Lipinski definition) is 0. The molecular weight excluding hydrogens is 170 g/mol. The molecule has 1 aliphatic heterocycles. The van der Waals surface area contributed by atoms with E-state index in [-0.39, 0.29) is 0 Å². The third-order valence-corrected chi connectivity index (χ3v) is 17.5. The molecule has 0 N–H and O–H groups in total. The lowest BCUT2D eigenvalue weighted by Crippen LogP contribution is -2.70. The van der Waals surface area contributed by atoms with Gasteiger partial charge in [-0.2, -0.15) is 0 Å². The second kappa shape index (κ2) is 2.30. The van der Waals surface area contributed by atoms with Crippen molar-refractivity contribution in [2.75, 3.05) is 0 Å². The highest BCUT2D eigenvalue weighted by atomic mass is 28.5. The molecule has 0 aromatic carbocycles. The van der Waals surface area contributed by atoms with Gasteiger partial charge in [-0.1, -0.05) is 32.7 Å². The Morgan fingerprint density at radius 2 is 1.80 bits per heavy atom. The number of nitrogens with zero attached hydrogens (tertiary/aromatic N) is 1. The first kappa shape index (κ1) is 8.70. The molecule has 0 bridgehead atoms. The fourth-order valence-electron chi connectivity index (χ4n) is 1.62. The lowest BCUT2D eigenvalue weighted by atomic mass is 11.8. The van der Waals surface area contributed by atoms with Gasteiger partial charge in [0.1, 0.15) is 26.2 Å². The summed E-state index contributed by atoms with van der Waals surface area (Å²) < 4.78 is 2.86. The van der Waals surface area contributed by atoms with Gasteiger partial charge >= 0.3 is 0 Å². The Morgan fingerprint density at radius 3 is 1.80 bits per heavy atom. The van der Waals surface area contributed by atoms with Crippen molar-refractivity contribution in [1.82, 2.24) is 3.90 Å². The van der Waals surface area contributed by atoms with E-state index in [0.29, 0.717) is 0 Å². The van der Waals surface area contributed by atoms with Crippen molar-refractivity contribution in [2.45, 2.75) is 38.4 Å². The van der Waals surface area contributed by atoms with Gasteiger partial charge in [0.15, 0.2) is 0 Å². The van der Waals surface area contributed by atoms with Gasteiger partial charge in [0.05, 0.1) is 0 Å². The van der Waals surface area contributed by atoms with Crippen LogP contribution in [0.4, 0.5) is 0 Å². The lowest BCUT2D eigenvalue weighted by molar-refractivity contribution is 0.890. The summed E-state index contributed by atoms with van der Waals surface area (Å²) in [6.07, 6.45) is 0. The molecule has 1 heterocycles. The van der Waals surface area contributed by atoms with Crippen molar-refractivity contribution < 1.29 is 0 Å². The Bertz CT molecular complexity index is 128. The van der Waals surface area contributed by atoms with E-state index in [1.807, 2.05) is 0 Å². The second-order valence-corrected chi connectivity index (χ2v) is 17.0. The standard InChI is InChI=1S/C6H17NSi3/c1-9(2,3)7-8-6-10(7,4)5/h6H2,1-5H3. The Balaban J connectivity index is 2.60. The van der Waals surface area contributed by atoms with Gasteiger partial charge < -0.3 is 3.90 Å². The molecule has 58 valence electrons. The molecule has 2 radical (unpaired) electrons.